The van der Waals surface area contributed by atoms with Crippen molar-refractivity contribution in [3.05, 3.63) is 88.7 Å². The molecule has 1 aliphatic heterocycles. The molecule has 4 aromatic rings. The molecule has 0 unspecified atom stereocenters. The first-order chi connectivity index (χ1) is 16.6. The third-order valence-electron chi connectivity index (χ3n) is 5.01. The zero-order valence-electron chi connectivity index (χ0n) is 18.0. The molecule has 0 fully saturated rings. The molecule has 1 aliphatic rings. The minimum Gasteiger partial charge on any atom is -0.457 e. The summed E-state index contributed by atoms with van der Waals surface area (Å²) in [5.41, 5.74) is 2.94. The van der Waals surface area contributed by atoms with Gasteiger partial charge in [0, 0.05) is 15.4 Å². The maximum Gasteiger partial charge on any atom is 0.282 e. The zero-order chi connectivity index (χ0) is 23.5. The van der Waals surface area contributed by atoms with Crippen molar-refractivity contribution < 1.29 is 9.53 Å². The van der Waals surface area contributed by atoms with E-state index in [-0.39, 0.29) is 5.91 Å². The van der Waals surface area contributed by atoms with Crippen LogP contribution in [-0.4, -0.2) is 22.6 Å². The van der Waals surface area contributed by atoms with Gasteiger partial charge in [0.2, 0.25) is 5.13 Å². The molecule has 0 aliphatic carbocycles. The Morgan fingerprint density at radius 2 is 1.68 bits per heavy atom. The number of carbonyl (C=O) groups excluding carboxylic acids is 1. The Morgan fingerprint density at radius 1 is 0.971 bits per heavy atom. The molecule has 7 nitrogen and oxygen atoms in total. The second-order valence-electron chi connectivity index (χ2n) is 7.44. The molecule has 0 saturated heterocycles. The highest BCUT2D eigenvalue weighted by Gasteiger charge is 2.36. The Labute approximate surface area is 208 Å². The van der Waals surface area contributed by atoms with Crippen molar-refractivity contribution in [3.63, 3.8) is 0 Å². The fraction of sp³-hybridized carbons (Fsp3) is 0.0800. The molecule has 9 heteroatoms. The molecule has 0 saturated carbocycles. The molecule has 2 heterocycles. The van der Waals surface area contributed by atoms with Gasteiger partial charge in [0.1, 0.15) is 11.5 Å². The van der Waals surface area contributed by atoms with E-state index in [1.54, 1.807) is 19.1 Å². The number of thiazole rings is 1. The Bertz CT molecular complexity index is 1370. The normalized spacial score (nSPS) is 15.7. The van der Waals surface area contributed by atoms with E-state index in [0.29, 0.717) is 22.3 Å². The minimum absolute atomic E-state index is 0.276. The fourth-order valence-electron chi connectivity index (χ4n) is 3.27. The van der Waals surface area contributed by atoms with Gasteiger partial charge in [0.25, 0.3) is 5.91 Å². The van der Waals surface area contributed by atoms with Crippen LogP contribution in [0.3, 0.4) is 0 Å². The largest absolute Gasteiger partial charge is 0.457 e. The second-order valence-corrected chi connectivity index (χ2v) is 9.19. The molecule has 0 bridgehead atoms. The lowest BCUT2D eigenvalue weighted by atomic mass is 10.2. The van der Waals surface area contributed by atoms with Crippen LogP contribution in [-0.2, 0) is 4.79 Å². The van der Waals surface area contributed by atoms with Gasteiger partial charge < -0.3 is 4.74 Å². The Hall–Kier alpha value is -3.69. The van der Waals surface area contributed by atoms with Gasteiger partial charge in [0.05, 0.1) is 17.1 Å². The summed E-state index contributed by atoms with van der Waals surface area (Å²) in [6, 6.07) is 23.8. The van der Waals surface area contributed by atoms with Gasteiger partial charge >= 0.3 is 0 Å². The van der Waals surface area contributed by atoms with E-state index in [1.807, 2.05) is 72.1 Å². The van der Waals surface area contributed by atoms with E-state index in [1.165, 1.54) is 16.3 Å². The minimum atomic E-state index is -0.778. The van der Waals surface area contributed by atoms with E-state index < -0.39 is 6.04 Å². The van der Waals surface area contributed by atoms with Gasteiger partial charge in [-0.1, -0.05) is 46.3 Å². The van der Waals surface area contributed by atoms with Crippen LogP contribution in [0.4, 0.5) is 10.8 Å². The van der Waals surface area contributed by atoms with Crippen LogP contribution in [0.15, 0.2) is 104 Å². The first-order valence-electron chi connectivity index (χ1n) is 10.4. The molecule has 1 aromatic heterocycles. The third kappa shape index (κ3) is 4.80. The van der Waals surface area contributed by atoms with Crippen LogP contribution in [0.5, 0.6) is 11.5 Å². The molecular formula is C25H18BrN5O2S. The Morgan fingerprint density at radius 3 is 2.41 bits per heavy atom. The van der Waals surface area contributed by atoms with Crippen LogP contribution < -0.4 is 9.75 Å². The van der Waals surface area contributed by atoms with Crippen molar-refractivity contribution in [2.75, 3.05) is 5.01 Å². The zero-order valence-corrected chi connectivity index (χ0v) is 20.4. The number of hydrogen-bond donors (Lipinski definition) is 0. The standard InChI is InChI=1S/C25H18BrN5O2S/c1-16-23(29-28-19-11-13-21(14-12-19)33-20-5-3-2-4-6-20)24(32)31(30-16)25-27-22(15-34-25)17-7-9-18(26)10-8-17/h2-15,23H,1H3/t23-/m1/s1. The molecule has 0 radical (unpaired) electrons. The molecule has 1 amide bonds. The molecule has 34 heavy (non-hydrogen) atoms. The van der Waals surface area contributed by atoms with E-state index in [4.69, 9.17) is 4.74 Å². The monoisotopic (exact) mass is 531 g/mol. The summed E-state index contributed by atoms with van der Waals surface area (Å²) in [4.78, 5) is 17.6. The number of anilines is 1. The summed E-state index contributed by atoms with van der Waals surface area (Å²) in [5.74, 6) is 1.17. The summed E-state index contributed by atoms with van der Waals surface area (Å²) >= 11 is 4.79. The van der Waals surface area contributed by atoms with Gasteiger partial charge in [-0.05, 0) is 55.5 Å². The van der Waals surface area contributed by atoms with Gasteiger partial charge in [-0.15, -0.1) is 11.3 Å². The van der Waals surface area contributed by atoms with Crippen LogP contribution in [0.25, 0.3) is 11.3 Å². The fourth-order valence-corrected chi connectivity index (χ4v) is 4.32. The number of rotatable bonds is 6. The highest BCUT2D eigenvalue weighted by atomic mass is 79.9. The van der Waals surface area contributed by atoms with Crippen LogP contribution in [0, 0.1) is 0 Å². The number of halogens is 1. The van der Waals surface area contributed by atoms with Crippen LogP contribution in [0.1, 0.15) is 6.92 Å². The topological polar surface area (TPSA) is 79.5 Å². The summed E-state index contributed by atoms with van der Waals surface area (Å²) in [5, 5.41) is 16.6. The molecular weight excluding hydrogens is 514 g/mol. The van der Waals surface area contributed by atoms with Crippen molar-refractivity contribution in [1.82, 2.24) is 4.98 Å². The molecule has 168 valence electrons. The number of azo groups is 1. The van der Waals surface area contributed by atoms with Gasteiger partial charge in [-0.2, -0.15) is 20.3 Å². The third-order valence-corrected chi connectivity index (χ3v) is 6.36. The first kappa shape index (κ1) is 22.1. The predicted octanol–water partition coefficient (Wildman–Crippen LogP) is 7.24. The second kappa shape index (κ2) is 9.66. The SMILES string of the molecule is CC1=NN(c2nc(-c3ccc(Br)cc3)cs2)C(=O)[C@@H]1N=Nc1ccc(Oc2ccccc2)cc1. The lowest BCUT2D eigenvalue weighted by Gasteiger charge is -2.08. The average Bonchev–Trinajstić information content (AvgIpc) is 3.44. The van der Waals surface area contributed by atoms with Crippen molar-refractivity contribution >= 4 is 49.7 Å². The van der Waals surface area contributed by atoms with Gasteiger partial charge in [0.15, 0.2) is 6.04 Å². The summed E-state index contributed by atoms with van der Waals surface area (Å²) < 4.78 is 6.78. The Kier molecular flexibility index (Phi) is 6.29. The molecule has 0 N–H and O–H groups in total. The average molecular weight is 532 g/mol. The van der Waals surface area contributed by atoms with Crippen LogP contribution in [0.2, 0.25) is 0 Å². The molecule has 0 spiro atoms. The maximum atomic E-state index is 13.0. The summed E-state index contributed by atoms with van der Waals surface area (Å²) in [7, 11) is 0. The maximum absolute atomic E-state index is 13.0. The van der Waals surface area contributed by atoms with E-state index in [9.17, 15) is 4.79 Å². The highest BCUT2D eigenvalue weighted by Crippen LogP contribution is 2.31. The molecule has 5 rings (SSSR count). The van der Waals surface area contributed by atoms with E-state index in [0.717, 1.165) is 21.5 Å². The smallest absolute Gasteiger partial charge is 0.282 e. The summed E-state index contributed by atoms with van der Waals surface area (Å²) in [6.45, 7) is 1.77. The van der Waals surface area contributed by atoms with Crippen molar-refractivity contribution in [2.45, 2.75) is 13.0 Å². The number of carbonyl (C=O) groups is 1. The Balaban J connectivity index is 1.26. The van der Waals surface area contributed by atoms with Gasteiger partial charge in [-0.3, -0.25) is 4.79 Å². The number of ether oxygens (including phenoxy) is 1. The van der Waals surface area contributed by atoms with E-state index in [2.05, 4.69) is 36.2 Å². The number of hydrogen-bond acceptors (Lipinski definition) is 7. The molecule has 3 aromatic carbocycles. The predicted molar refractivity (Wildman–Crippen MR) is 137 cm³/mol. The number of aromatic nitrogens is 1. The lowest BCUT2D eigenvalue weighted by Crippen LogP contribution is -2.29. The number of amides is 1. The first-order valence-corrected chi connectivity index (χ1v) is 12.1. The number of hydrazone groups is 1. The number of para-hydroxylation sites is 1. The van der Waals surface area contributed by atoms with Crippen molar-refractivity contribution in [2.24, 2.45) is 15.3 Å². The summed E-state index contributed by atoms with van der Waals surface area (Å²) in [6.07, 6.45) is 0. The quantitative estimate of drug-likeness (QED) is 0.246. The van der Waals surface area contributed by atoms with Crippen molar-refractivity contribution in [1.29, 1.82) is 0 Å². The van der Waals surface area contributed by atoms with Crippen LogP contribution >= 0.6 is 27.3 Å². The van der Waals surface area contributed by atoms with Crippen molar-refractivity contribution in [3.8, 4) is 22.8 Å². The lowest BCUT2D eigenvalue weighted by molar-refractivity contribution is -0.117. The highest BCUT2D eigenvalue weighted by molar-refractivity contribution is 9.10. The number of benzene rings is 3. The molecule has 1 atom stereocenters. The van der Waals surface area contributed by atoms with Gasteiger partial charge in [-0.25, -0.2) is 4.98 Å². The van der Waals surface area contributed by atoms with E-state index >= 15 is 0 Å². The number of nitrogens with zero attached hydrogens (tertiary/aromatic N) is 5.